The number of methoxy groups -OCH3 is 1. The SMILES string of the molecule is COc1ccc(C(=O)N(CCc2ccc(Cl)cc2Cl)Cc2ccccc2F)cc1. The van der Waals surface area contributed by atoms with Crippen LogP contribution in [0.4, 0.5) is 4.39 Å². The van der Waals surface area contributed by atoms with E-state index in [2.05, 4.69) is 0 Å². The summed E-state index contributed by atoms with van der Waals surface area (Å²) in [5.41, 5.74) is 1.83. The first-order valence-electron chi connectivity index (χ1n) is 9.08. The number of hydrogen-bond donors (Lipinski definition) is 0. The maximum Gasteiger partial charge on any atom is 0.254 e. The first kappa shape index (κ1) is 21.2. The van der Waals surface area contributed by atoms with Gasteiger partial charge in [0, 0.05) is 34.3 Å². The number of carbonyl (C=O) groups excluding carboxylic acids is 1. The van der Waals surface area contributed by atoms with Crippen molar-refractivity contribution in [1.29, 1.82) is 0 Å². The zero-order valence-corrected chi connectivity index (χ0v) is 17.4. The van der Waals surface area contributed by atoms with Crippen molar-refractivity contribution in [3.63, 3.8) is 0 Å². The Morgan fingerprint density at radius 2 is 1.72 bits per heavy atom. The molecule has 0 aliphatic heterocycles. The minimum atomic E-state index is -0.343. The van der Waals surface area contributed by atoms with Crippen molar-refractivity contribution >= 4 is 29.1 Å². The smallest absolute Gasteiger partial charge is 0.254 e. The monoisotopic (exact) mass is 431 g/mol. The Labute approximate surface area is 179 Å². The summed E-state index contributed by atoms with van der Waals surface area (Å²) in [5, 5.41) is 1.09. The molecule has 0 unspecified atom stereocenters. The number of benzene rings is 3. The minimum absolute atomic E-state index is 0.156. The molecule has 0 heterocycles. The maximum absolute atomic E-state index is 14.2. The molecular weight excluding hydrogens is 412 g/mol. The van der Waals surface area contributed by atoms with Gasteiger partial charge in [0.05, 0.1) is 7.11 Å². The van der Waals surface area contributed by atoms with Gasteiger partial charge in [0.2, 0.25) is 0 Å². The third kappa shape index (κ3) is 5.49. The average Bonchev–Trinajstić information content (AvgIpc) is 2.73. The molecule has 0 spiro atoms. The molecule has 3 aromatic carbocycles. The van der Waals surface area contributed by atoms with E-state index in [1.807, 2.05) is 6.07 Å². The summed E-state index contributed by atoms with van der Waals surface area (Å²) in [5.74, 6) is 0.126. The maximum atomic E-state index is 14.2. The molecule has 150 valence electrons. The molecule has 0 aliphatic carbocycles. The molecular formula is C23H20Cl2FNO2. The first-order chi connectivity index (χ1) is 14.0. The lowest BCUT2D eigenvalue weighted by Crippen LogP contribution is -2.33. The van der Waals surface area contributed by atoms with Crippen LogP contribution in [-0.4, -0.2) is 24.5 Å². The van der Waals surface area contributed by atoms with Gasteiger partial charge in [-0.2, -0.15) is 0 Å². The fourth-order valence-electron chi connectivity index (χ4n) is 2.98. The molecule has 1 amide bonds. The first-order valence-corrected chi connectivity index (χ1v) is 9.84. The van der Waals surface area contributed by atoms with Crippen molar-refractivity contribution in [2.45, 2.75) is 13.0 Å². The van der Waals surface area contributed by atoms with Gasteiger partial charge in [0.15, 0.2) is 0 Å². The molecule has 3 nitrogen and oxygen atoms in total. The van der Waals surface area contributed by atoms with Gasteiger partial charge in [0.25, 0.3) is 5.91 Å². The van der Waals surface area contributed by atoms with Crippen LogP contribution in [0.3, 0.4) is 0 Å². The molecule has 3 aromatic rings. The summed E-state index contributed by atoms with van der Waals surface area (Å²) in [6.07, 6.45) is 0.520. The summed E-state index contributed by atoms with van der Waals surface area (Å²) in [7, 11) is 1.57. The highest BCUT2D eigenvalue weighted by Gasteiger charge is 2.18. The van der Waals surface area contributed by atoms with Crippen LogP contribution in [0, 0.1) is 5.82 Å². The molecule has 0 radical (unpaired) electrons. The van der Waals surface area contributed by atoms with Crippen LogP contribution in [0.15, 0.2) is 66.7 Å². The molecule has 29 heavy (non-hydrogen) atoms. The van der Waals surface area contributed by atoms with E-state index in [-0.39, 0.29) is 18.3 Å². The molecule has 0 aromatic heterocycles. The van der Waals surface area contributed by atoms with Crippen molar-refractivity contribution in [3.05, 3.63) is 99.3 Å². The van der Waals surface area contributed by atoms with Gasteiger partial charge in [-0.05, 0) is 54.4 Å². The second-order valence-electron chi connectivity index (χ2n) is 6.53. The zero-order valence-electron chi connectivity index (χ0n) is 15.9. The van der Waals surface area contributed by atoms with E-state index < -0.39 is 0 Å². The minimum Gasteiger partial charge on any atom is -0.497 e. The van der Waals surface area contributed by atoms with Crippen LogP contribution >= 0.6 is 23.2 Å². The summed E-state index contributed by atoms with van der Waals surface area (Å²) >= 11 is 12.2. The van der Waals surface area contributed by atoms with Gasteiger partial charge in [-0.1, -0.05) is 47.5 Å². The molecule has 0 fully saturated rings. The Balaban J connectivity index is 1.83. The number of rotatable bonds is 7. The quantitative estimate of drug-likeness (QED) is 0.457. The standard InChI is InChI=1S/C23H20Cl2FNO2/c1-29-20-10-7-17(8-11-20)23(28)27(15-18-4-2-3-5-22(18)26)13-12-16-6-9-19(24)14-21(16)25/h2-11,14H,12-13,15H2,1H3. The highest BCUT2D eigenvalue weighted by Crippen LogP contribution is 2.23. The van der Waals surface area contributed by atoms with Crippen molar-refractivity contribution in [2.24, 2.45) is 0 Å². The largest absolute Gasteiger partial charge is 0.497 e. The van der Waals surface area contributed by atoms with Gasteiger partial charge >= 0.3 is 0 Å². The van der Waals surface area contributed by atoms with Crippen molar-refractivity contribution < 1.29 is 13.9 Å². The number of amides is 1. The van der Waals surface area contributed by atoms with Crippen LogP contribution in [0.2, 0.25) is 10.0 Å². The molecule has 0 aliphatic rings. The van der Waals surface area contributed by atoms with Crippen LogP contribution in [0.25, 0.3) is 0 Å². The van der Waals surface area contributed by atoms with Crippen molar-refractivity contribution in [1.82, 2.24) is 4.90 Å². The number of halogens is 3. The number of ether oxygens (including phenoxy) is 1. The summed E-state index contributed by atoms with van der Waals surface area (Å²) in [6, 6.07) is 18.6. The molecule has 0 bridgehead atoms. The highest BCUT2D eigenvalue weighted by molar-refractivity contribution is 6.35. The zero-order chi connectivity index (χ0) is 20.8. The normalized spacial score (nSPS) is 10.6. The van der Waals surface area contributed by atoms with Gasteiger partial charge in [-0.25, -0.2) is 4.39 Å². The number of nitrogens with zero attached hydrogens (tertiary/aromatic N) is 1. The van der Waals surface area contributed by atoms with E-state index in [0.29, 0.717) is 39.9 Å². The predicted octanol–water partition coefficient (Wildman–Crippen LogP) is 6.03. The molecule has 0 atom stereocenters. The fourth-order valence-corrected chi connectivity index (χ4v) is 3.48. The predicted molar refractivity (Wildman–Crippen MR) is 114 cm³/mol. The average molecular weight is 432 g/mol. The lowest BCUT2D eigenvalue weighted by molar-refractivity contribution is 0.0743. The van der Waals surface area contributed by atoms with E-state index in [4.69, 9.17) is 27.9 Å². The molecule has 3 rings (SSSR count). The number of carbonyl (C=O) groups is 1. The van der Waals surface area contributed by atoms with Crippen LogP contribution in [0.1, 0.15) is 21.5 Å². The Hall–Kier alpha value is -2.56. The topological polar surface area (TPSA) is 29.5 Å². The lowest BCUT2D eigenvalue weighted by Gasteiger charge is -2.24. The second kappa shape index (κ2) is 9.77. The van der Waals surface area contributed by atoms with Crippen LogP contribution in [0.5, 0.6) is 5.75 Å². The van der Waals surface area contributed by atoms with Gasteiger partial charge in [-0.3, -0.25) is 4.79 Å². The third-order valence-electron chi connectivity index (χ3n) is 4.61. The van der Waals surface area contributed by atoms with E-state index in [0.717, 1.165) is 5.56 Å². The summed E-state index contributed by atoms with van der Waals surface area (Å²) < 4.78 is 19.3. The molecule has 0 saturated carbocycles. The number of hydrogen-bond acceptors (Lipinski definition) is 2. The van der Waals surface area contributed by atoms with E-state index >= 15 is 0 Å². The molecule has 6 heteroatoms. The van der Waals surface area contributed by atoms with Crippen molar-refractivity contribution in [3.8, 4) is 5.75 Å². The Morgan fingerprint density at radius 1 is 1.00 bits per heavy atom. The van der Waals surface area contributed by atoms with E-state index in [1.54, 1.807) is 66.6 Å². The fraction of sp³-hybridized carbons (Fsp3) is 0.174. The van der Waals surface area contributed by atoms with Gasteiger partial charge < -0.3 is 9.64 Å². The highest BCUT2D eigenvalue weighted by atomic mass is 35.5. The Morgan fingerprint density at radius 3 is 2.38 bits per heavy atom. The van der Waals surface area contributed by atoms with Crippen LogP contribution in [-0.2, 0) is 13.0 Å². The van der Waals surface area contributed by atoms with Gasteiger partial charge in [-0.15, -0.1) is 0 Å². The summed E-state index contributed by atoms with van der Waals surface area (Å²) in [4.78, 5) is 14.7. The third-order valence-corrected chi connectivity index (χ3v) is 5.20. The van der Waals surface area contributed by atoms with E-state index in [1.165, 1.54) is 6.07 Å². The Bertz CT molecular complexity index is 992. The lowest BCUT2D eigenvalue weighted by atomic mass is 10.1. The summed E-state index contributed by atoms with van der Waals surface area (Å²) in [6.45, 7) is 0.531. The molecule has 0 N–H and O–H groups in total. The Kier molecular flexibility index (Phi) is 7.13. The van der Waals surface area contributed by atoms with E-state index in [9.17, 15) is 9.18 Å². The second-order valence-corrected chi connectivity index (χ2v) is 7.38. The van der Waals surface area contributed by atoms with Crippen molar-refractivity contribution in [2.75, 3.05) is 13.7 Å². The van der Waals surface area contributed by atoms with Crippen LogP contribution < -0.4 is 4.74 Å². The molecule has 0 saturated heterocycles. The van der Waals surface area contributed by atoms with Gasteiger partial charge in [0.1, 0.15) is 11.6 Å².